The van der Waals surface area contributed by atoms with Crippen LogP contribution in [0.25, 0.3) is 0 Å². The first kappa shape index (κ1) is 10.5. The van der Waals surface area contributed by atoms with Crippen LogP contribution in [0, 0.1) is 3.57 Å². The summed E-state index contributed by atoms with van der Waals surface area (Å²) in [5.74, 6) is 1.02. The van der Waals surface area contributed by atoms with E-state index in [1.165, 1.54) is 3.57 Å². The fourth-order valence-electron chi connectivity index (χ4n) is 0.802. The maximum Gasteiger partial charge on any atom is 0.101 e. The van der Waals surface area contributed by atoms with Gasteiger partial charge in [-0.2, -0.15) is 0 Å². The predicted molar refractivity (Wildman–Crippen MR) is 65.6 cm³/mol. The average molecular weight is 288 g/mol. The van der Waals surface area contributed by atoms with Crippen LogP contribution in [-0.2, 0) is 0 Å². The summed E-state index contributed by atoms with van der Waals surface area (Å²) in [6.45, 7) is 2.00. The SMILES string of the molecule is CC(=Nc1ccc(I)cc1)N(C)C. The van der Waals surface area contributed by atoms with Crippen molar-refractivity contribution in [3.63, 3.8) is 0 Å². The van der Waals surface area contributed by atoms with Gasteiger partial charge in [0.2, 0.25) is 0 Å². The van der Waals surface area contributed by atoms with Crippen LogP contribution >= 0.6 is 22.6 Å². The molecule has 1 rings (SSSR count). The Hall–Kier alpha value is -0.580. The molecular formula is C10H13IN2. The molecule has 3 heteroatoms. The molecule has 70 valence electrons. The standard InChI is InChI=1S/C10H13IN2/c1-8(13(2)3)12-10-6-4-9(11)5-7-10/h4-7H,1-3H3. The van der Waals surface area contributed by atoms with E-state index in [0.29, 0.717) is 0 Å². The van der Waals surface area contributed by atoms with Crippen molar-refractivity contribution in [2.24, 2.45) is 4.99 Å². The van der Waals surface area contributed by atoms with Gasteiger partial charge in [0.1, 0.15) is 5.84 Å². The first-order valence-corrected chi connectivity index (χ1v) is 5.15. The van der Waals surface area contributed by atoms with Gasteiger partial charge in [0.05, 0.1) is 5.69 Å². The lowest BCUT2D eigenvalue weighted by atomic mass is 10.3. The van der Waals surface area contributed by atoms with Gasteiger partial charge in [-0.3, -0.25) is 0 Å². The maximum absolute atomic E-state index is 4.44. The first-order valence-electron chi connectivity index (χ1n) is 4.08. The summed E-state index contributed by atoms with van der Waals surface area (Å²) in [7, 11) is 3.98. The zero-order valence-electron chi connectivity index (χ0n) is 8.08. The molecule has 0 unspecified atom stereocenters. The van der Waals surface area contributed by atoms with E-state index in [0.717, 1.165) is 11.5 Å². The Morgan fingerprint density at radius 1 is 1.23 bits per heavy atom. The second-order valence-corrected chi connectivity index (χ2v) is 4.28. The van der Waals surface area contributed by atoms with Crippen molar-refractivity contribution in [3.8, 4) is 0 Å². The minimum atomic E-state index is 1.01. The van der Waals surface area contributed by atoms with Gasteiger partial charge < -0.3 is 4.90 Å². The molecule has 0 aliphatic heterocycles. The average Bonchev–Trinajstić information content (AvgIpc) is 2.08. The fraction of sp³-hybridized carbons (Fsp3) is 0.300. The van der Waals surface area contributed by atoms with Crippen molar-refractivity contribution >= 4 is 34.1 Å². The number of hydrogen-bond donors (Lipinski definition) is 0. The van der Waals surface area contributed by atoms with Crippen molar-refractivity contribution in [2.45, 2.75) is 6.92 Å². The first-order chi connectivity index (χ1) is 6.09. The lowest BCUT2D eigenvalue weighted by Gasteiger charge is -2.10. The molecule has 0 fully saturated rings. The number of amidine groups is 1. The van der Waals surface area contributed by atoms with Gasteiger partial charge >= 0.3 is 0 Å². The third-order valence-electron chi connectivity index (χ3n) is 1.76. The van der Waals surface area contributed by atoms with Gasteiger partial charge in [-0.25, -0.2) is 4.99 Å². The van der Waals surface area contributed by atoms with Crippen LogP contribution < -0.4 is 0 Å². The second-order valence-electron chi connectivity index (χ2n) is 3.03. The topological polar surface area (TPSA) is 15.6 Å². The van der Waals surface area contributed by atoms with E-state index in [-0.39, 0.29) is 0 Å². The van der Waals surface area contributed by atoms with Gasteiger partial charge in [-0.1, -0.05) is 0 Å². The van der Waals surface area contributed by atoms with Crippen molar-refractivity contribution < 1.29 is 0 Å². The minimum absolute atomic E-state index is 1.01. The summed E-state index contributed by atoms with van der Waals surface area (Å²) in [6, 6.07) is 8.16. The highest BCUT2D eigenvalue weighted by Crippen LogP contribution is 2.14. The third-order valence-corrected chi connectivity index (χ3v) is 2.48. The molecule has 0 spiro atoms. The molecule has 0 heterocycles. The van der Waals surface area contributed by atoms with E-state index in [1.807, 2.05) is 38.1 Å². The van der Waals surface area contributed by atoms with Gasteiger partial charge in [0, 0.05) is 17.7 Å². The highest BCUT2D eigenvalue weighted by Gasteiger charge is 1.94. The number of hydrogen-bond acceptors (Lipinski definition) is 1. The van der Waals surface area contributed by atoms with E-state index in [2.05, 4.69) is 39.7 Å². The Morgan fingerprint density at radius 2 is 1.77 bits per heavy atom. The molecular weight excluding hydrogens is 275 g/mol. The Labute approximate surface area is 92.8 Å². The Kier molecular flexibility index (Phi) is 3.71. The molecule has 0 aliphatic carbocycles. The lowest BCUT2D eigenvalue weighted by molar-refractivity contribution is 0.619. The summed E-state index contributed by atoms with van der Waals surface area (Å²) >= 11 is 2.28. The molecule has 0 N–H and O–H groups in total. The molecule has 0 saturated heterocycles. The van der Waals surface area contributed by atoms with Gasteiger partial charge in [-0.05, 0) is 53.8 Å². The highest BCUT2D eigenvalue weighted by molar-refractivity contribution is 14.1. The van der Waals surface area contributed by atoms with E-state index >= 15 is 0 Å². The molecule has 0 radical (unpaired) electrons. The highest BCUT2D eigenvalue weighted by atomic mass is 127. The molecule has 13 heavy (non-hydrogen) atoms. The molecule has 0 atom stereocenters. The van der Waals surface area contributed by atoms with E-state index in [9.17, 15) is 0 Å². The van der Waals surface area contributed by atoms with Crippen LogP contribution in [0.5, 0.6) is 0 Å². The van der Waals surface area contributed by atoms with Gasteiger partial charge in [-0.15, -0.1) is 0 Å². The number of nitrogens with zero attached hydrogens (tertiary/aromatic N) is 2. The van der Waals surface area contributed by atoms with Crippen LogP contribution in [0.2, 0.25) is 0 Å². The van der Waals surface area contributed by atoms with Crippen molar-refractivity contribution in [1.82, 2.24) is 4.90 Å². The van der Waals surface area contributed by atoms with Crippen LogP contribution in [0.4, 0.5) is 5.69 Å². The fourth-order valence-corrected chi connectivity index (χ4v) is 1.16. The van der Waals surface area contributed by atoms with Gasteiger partial charge in [0.25, 0.3) is 0 Å². The molecule has 1 aromatic rings. The molecule has 2 nitrogen and oxygen atoms in total. The minimum Gasteiger partial charge on any atom is -0.366 e. The Morgan fingerprint density at radius 3 is 2.23 bits per heavy atom. The quantitative estimate of drug-likeness (QED) is 0.441. The summed E-state index contributed by atoms with van der Waals surface area (Å²) in [6.07, 6.45) is 0. The summed E-state index contributed by atoms with van der Waals surface area (Å²) in [4.78, 5) is 6.44. The van der Waals surface area contributed by atoms with Crippen LogP contribution in [0.3, 0.4) is 0 Å². The number of benzene rings is 1. The lowest BCUT2D eigenvalue weighted by Crippen LogP contribution is -2.17. The normalized spacial score (nSPS) is 11.5. The number of rotatable bonds is 1. The van der Waals surface area contributed by atoms with Crippen LogP contribution in [0.1, 0.15) is 6.92 Å². The van der Waals surface area contributed by atoms with Crippen molar-refractivity contribution in [2.75, 3.05) is 14.1 Å². The van der Waals surface area contributed by atoms with Crippen molar-refractivity contribution in [1.29, 1.82) is 0 Å². The zero-order chi connectivity index (χ0) is 9.84. The molecule has 1 aromatic carbocycles. The smallest absolute Gasteiger partial charge is 0.101 e. The number of halogens is 1. The number of aliphatic imine (C=N–C) groups is 1. The van der Waals surface area contributed by atoms with Crippen LogP contribution in [0.15, 0.2) is 29.3 Å². The zero-order valence-corrected chi connectivity index (χ0v) is 10.2. The maximum atomic E-state index is 4.44. The summed E-state index contributed by atoms with van der Waals surface area (Å²) < 4.78 is 1.24. The van der Waals surface area contributed by atoms with E-state index in [4.69, 9.17) is 0 Å². The molecule has 0 saturated carbocycles. The third kappa shape index (κ3) is 3.34. The van der Waals surface area contributed by atoms with Crippen LogP contribution in [-0.4, -0.2) is 24.8 Å². The van der Waals surface area contributed by atoms with Crippen molar-refractivity contribution in [3.05, 3.63) is 27.8 Å². The van der Waals surface area contributed by atoms with E-state index in [1.54, 1.807) is 0 Å². The van der Waals surface area contributed by atoms with Gasteiger partial charge in [0.15, 0.2) is 0 Å². The molecule has 0 bridgehead atoms. The summed E-state index contributed by atoms with van der Waals surface area (Å²) in [5.41, 5.74) is 1.01. The molecule has 0 aliphatic rings. The Balaban J connectivity index is 2.85. The summed E-state index contributed by atoms with van der Waals surface area (Å²) in [5, 5.41) is 0. The van der Waals surface area contributed by atoms with E-state index < -0.39 is 0 Å². The Bertz CT molecular complexity index is 301. The predicted octanol–water partition coefficient (Wildman–Crippen LogP) is 2.90. The molecule has 0 amide bonds. The monoisotopic (exact) mass is 288 g/mol. The largest absolute Gasteiger partial charge is 0.366 e. The molecule has 0 aromatic heterocycles. The second kappa shape index (κ2) is 4.60.